The van der Waals surface area contributed by atoms with Gasteiger partial charge in [-0.1, -0.05) is 0 Å². The van der Waals surface area contributed by atoms with Crippen LogP contribution in [-0.2, 0) is 6.54 Å². The minimum absolute atomic E-state index is 0.257. The fraction of sp³-hybridized carbons (Fsp3) is 0.294. The van der Waals surface area contributed by atoms with Crippen LogP contribution < -0.4 is 14.8 Å². The van der Waals surface area contributed by atoms with E-state index < -0.39 is 0 Å². The van der Waals surface area contributed by atoms with Crippen LogP contribution in [0.3, 0.4) is 0 Å². The van der Waals surface area contributed by atoms with E-state index in [2.05, 4.69) is 21.2 Å². The molecule has 2 aromatic carbocycles. The van der Waals surface area contributed by atoms with Crippen molar-refractivity contribution < 1.29 is 14.6 Å². The molecule has 0 aliphatic heterocycles. The maximum Gasteiger partial charge on any atom is 0.175 e. The van der Waals surface area contributed by atoms with Crippen LogP contribution in [0.1, 0.15) is 19.4 Å². The molecular formula is C17H20BrNO3. The van der Waals surface area contributed by atoms with Crippen molar-refractivity contribution in [3.05, 3.63) is 46.4 Å². The zero-order valence-corrected chi connectivity index (χ0v) is 14.3. The normalized spacial score (nSPS) is 10.3. The van der Waals surface area contributed by atoms with Gasteiger partial charge < -0.3 is 19.9 Å². The van der Waals surface area contributed by atoms with Crippen LogP contribution >= 0.6 is 15.9 Å². The van der Waals surface area contributed by atoms with Gasteiger partial charge in [-0.05, 0) is 71.7 Å². The van der Waals surface area contributed by atoms with Crippen molar-refractivity contribution >= 4 is 21.6 Å². The number of hydrogen-bond acceptors (Lipinski definition) is 4. The number of anilines is 1. The fourth-order valence-corrected chi connectivity index (χ4v) is 2.66. The summed E-state index contributed by atoms with van der Waals surface area (Å²) in [5.74, 6) is 1.73. The third-order valence-corrected chi connectivity index (χ3v) is 3.61. The molecule has 0 spiro atoms. The van der Waals surface area contributed by atoms with E-state index in [4.69, 9.17) is 9.47 Å². The molecule has 0 atom stereocenters. The second-order valence-electron chi connectivity index (χ2n) is 4.67. The van der Waals surface area contributed by atoms with Crippen molar-refractivity contribution in [2.24, 2.45) is 0 Å². The van der Waals surface area contributed by atoms with E-state index in [1.807, 2.05) is 38.1 Å². The van der Waals surface area contributed by atoms with Crippen molar-refractivity contribution in [3.8, 4) is 17.2 Å². The van der Waals surface area contributed by atoms with Gasteiger partial charge in [0.2, 0.25) is 0 Å². The molecule has 0 radical (unpaired) electrons. The molecule has 5 heteroatoms. The molecule has 22 heavy (non-hydrogen) atoms. The Balaban J connectivity index is 2.15. The van der Waals surface area contributed by atoms with Crippen LogP contribution in [0.2, 0.25) is 0 Å². The summed E-state index contributed by atoms with van der Waals surface area (Å²) in [6, 6.07) is 11.0. The standard InChI is InChI=1S/C17H20BrNO3/c1-3-21-16-10-12(9-15(18)17(16)22-4-2)11-19-13-5-7-14(20)8-6-13/h5-10,19-20H,3-4,11H2,1-2H3. The lowest BCUT2D eigenvalue weighted by Crippen LogP contribution is -2.03. The predicted molar refractivity (Wildman–Crippen MR) is 91.9 cm³/mol. The monoisotopic (exact) mass is 365 g/mol. The third-order valence-electron chi connectivity index (χ3n) is 3.02. The highest BCUT2D eigenvalue weighted by atomic mass is 79.9. The summed E-state index contributed by atoms with van der Waals surface area (Å²) in [6.45, 7) is 5.72. The molecule has 0 saturated heterocycles. The smallest absolute Gasteiger partial charge is 0.175 e. The molecule has 0 fully saturated rings. The van der Waals surface area contributed by atoms with Gasteiger partial charge in [0.1, 0.15) is 5.75 Å². The number of hydrogen-bond donors (Lipinski definition) is 2. The number of benzene rings is 2. The zero-order valence-electron chi connectivity index (χ0n) is 12.7. The van der Waals surface area contributed by atoms with Gasteiger partial charge >= 0.3 is 0 Å². The number of rotatable bonds is 7. The minimum Gasteiger partial charge on any atom is -0.508 e. The number of halogens is 1. The van der Waals surface area contributed by atoms with Gasteiger partial charge in [0, 0.05) is 12.2 Å². The van der Waals surface area contributed by atoms with Gasteiger partial charge in [-0.25, -0.2) is 0 Å². The van der Waals surface area contributed by atoms with Gasteiger partial charge in [-0.3, -0.25) is 0 Å². The van der Waals surface area contributed by atoms with Crippen LogP contribution in [-0.4, -0.2) is 18.3 Å². The van der Waals surface area contributed by atoms with E-state index in [0.29, 0.717) is 19.8 Å². The quantitative estimate of drug-likeness (QED) is 0.705. The molecule has 0 saturated carbocycles. The first-order chi connectivity index (χ1) is 10.6. The molecule has 4 nitrogen and oxygen atoms in total. The molecule has 0 aromatic heterocycles. The largest absolute Gasteiger partial charge is 0.508 e. The fourth-order valence-electron chi connectivity index (χ4n) is 2.05. The lowest BCUT2D eigenvalue weighted by molar-refractivity contribution is 0.286. The van der Waals surface area contributed by atoms with E-state index in [-0.39, 0.29) is 5.75 Å². The Morgan fingerprint density at radius 1 is 1.05 bits per heavy atom. The van der Waals surface area contributed by atoms with Crippen LogP contribution in [0.5, 0.6) is 17.2 Å². The Labute approximate surface area is 139 Å². The minimum atomic E-state index is 0.257. The molecule has 2 N–H and O–H groups in total. The maximum atomic E-state index is 9.29. The van der Waals surface area contributed by atoms with E-state index in [0.717, 1.165) is 27.2 Å². The number of nitrogens with one attached hydrogen (secondary N) is 1. The van der Waals surface area contributed by atoms with Gasteiger partial charge in [0.25, 0.3) is 0 Å². The molecule has 0 bridgehead atoms. The summed E-state index contributed by atoms with van der Waals surface area (Å²) in [7, 11) is 0. The van der Waals surface area contributed by atoms with E-state index in [1.165, 1.54) is 0 Å². The first-order valence-corrected chi connectivity index (χ1v) is 8.04. The van der Waals surface area contributed by atoms with E-state index >= 15 is 0 Å². The Kier molecular flexibility index (Phi) is 5.95. The number of phenols is 1. The molecular weight excluding hydrogens is 346 g/mol. The molecule has 0 unspecified atom stereocenters. The first-order valence-electron chi connectivity index (χ1n) is 7.25. The molecule has 0 aliphatic carbocycles. The van der Waals surface area contributed by atoms with Crippen molar-refractivity contribution in [2.45, 2.75) is 20.4 Å². The average Bonchev–Trinajstić information content (AvgIpc) is 2.50. The van der Waals surface area contributed by atoms with Crippen LogP contribution in [0.4, 0.5) is 5.69 Å². The predicted octanol–water partition coefficient (Wildman–Crippen LogP) is 4.56. The molecule has 118 valence electrons. The third kappa shape index (κ3) is 4.31. The highest BCUT2D eigenvalue weighted by Gasteiger charge is 2.11. The second kappa shape index (κ2) is 7.94. The molecule has 2 aromatic rings. The Morgan fingerprint density at radius 2 is 1.73 bits per heavy atom. The van der Waals surface area contributed by atoms with Crippen molar-refractivity contribution in [1.82, 2.24) is 0 Å². The van der Waals surface area contributed by atoms with Crippen LogP contribution in [0, 0.1) is 0 Å². The first kappa shape index (κ1) is 16.5. The summed E-state index contributed by atoms with van der Waals surface area (Å²) in [4.78, 5) is 0. The Hall–Kier alpha value is -1.88. The Morgan fingerprint density at radius 3 is 2.36 bits per heavy atom. The second-order valence-corrected chi connectivity index (χ2v) is 5.53. The molecule has 0 aliphatic rings. The Bertz CT molecular complexity index is 614. The lowest BCUT2D eigenvalue weighted by atomic mass is 10.2. The van der Waals surface area contributed by atoms with Crippen molar-refractivity contribution in [2.75, 3.05) is 18.5 Å². The zero-order chi connectivity index (χ0) is 15.9. The summed E-state index contributed by atoms with van der Waals surface area (Å²) >= 11 is 3.54. The van der Waals surface area contributed by atoms with Gasteiger partial charge in [-0.15, -0.1) is 0 Å². The summed E-state index contributed by atoms with van der Waals surface area (Å²) in [6.07, 6.45) is 0. The maximum absolute atomic E-state index is 9.29. The van der Waals surface area contributed by atoms with Crippen molar-refractivity contribution in [1.29, 1.82) is 0 Å². The highest BCUT2D eigenvalue weighted by Crippen LogP contribution is 2.37. The van der Waals surface area contributed by atoms with Gasteiger partial charge in [0.05, 0.1) is 17.7 Å². The van der Waals surface area contributed by atoms with Gasteiger partial charge in [0.15, 0.2) is 11.5 Å². The topological polar surface area (TPSA) is 50.7 Å². The molecule has 0 amide bonds. The van der Waals surface area contributed by atoms with E-state index in [9.17, 15) is 5.11 Å². The number of phenolic OH excluding ortho intramolecular Hbond substituents is 1. The van der Waals surface area contributed by atoms with Crippen LogP contribution in [0.15, 0.2) is 40.9 Å². The highest BCUT2D eigenvalue weighted by molar-refractivity contribution is 9.10. The summed E-state index contributed by atoms with van der Waals surface area (Å²) in [5.41, 5.74) is 2.02. The molecule has 2 rings (SSSR count). The molecule has 0 heterocycles. The number of aromatic hydroxyl groups is 1. The lowest BCUT2D eigenvalue weighted by Gasteiger charge is -2.15. The SMILES string of the molecule is CCOc1cc(CNc2ccc(O)cc2)cc(Br)c1OCC. The average molecular weight is 366 g/mol. The van der Waals surface area contributed by atoms with E-state index in [1.54, 1.807) is 12.1 Å². The van der Waals surface area contributed by atoms with Gasteiger partial charge in [-0.2, -0.15) is 0 Å². The number of ether oxygens (including phenoxy) is 2. The van der Waals surface area contributed by atoms with Crippen molar-refractivity contribution in [3.63, 3.8) is 0 Å². The summed E-state index contributed by atoms with van der Waals surface area (Å²) < 4.78 is 12.2. The van der Waals surface area contributed by atoms with Crippen LogP contribution in [0.25, 0.3) is 0 Å². The summed E-state index contributed by atoms with van der Waals surface area (Å²) in [5, 5.41) is 12.6.